The van der Waals surface area contributed by atoms with Gasteiger partial charge < -0.3 is 14.6 Å². The second-order valence-electron chi connectivity index (χ2n) is 2.48. The van der Waals surface area contributed by atoms with Crippen molar-refractivity contribution in [2.45, 2.75) is 12.5 Å². The highest BCUT2D eigenvalue weighted by Gasteiger charge is 2.55. The number of aliphatic hydroxyl groups is 1. The van der Waals surface area contributed by atoms with Gasteiger partial charge in [0.25, 0.3) is 11.4 Å². The first-order chi connectivity index (χ1) is 6.11. The molecule has 1 unspecified atom stereocenters. The molecule has 0 aromatic rings. The minimum absolute atomic E-state index is 0.0350. The number of ether oxygens (including phenoxy) is 2. The van der Waals surface area contributed by atoms with E-state index in [2.05, 4.69) is 11.8 Å². The third kappa shape index (κ3) is 1.09. The minimum Gasteiger partial charge on any atom is -0.493 e. The zero-order chi connectivity index (χ0) is 10.1. The standard InChI is InChI=1S/C9H10O4/c1-4-5-9(11)7(10)6(12-2)8(9)13-3/h11H,1-3H3/i1+1. The van der Waals surface area contributed by atoms with Crippen molar-refractivity contribution in [3.63, 3.8) is 0 Å². The molecule has 0 aliphatic heterocycles. The van der Waals surface area contributed by atoms with Crippen LogP contribution in [-0.2, 0) is 14.3 Å². The van der Waals surface area contributed by atoms with E-state index in [0.29, 0.717) is 0 Å². The SMILES string of the molecule is COC1=C(OC)C(O)(C#C[13CH3])C1=O. The molecule has 1 aliphatic rings. The molecule has 0 aromatic heterocycles. The summed E-state index contributed by atoms with van der Waals surface area (Å²) in [7, 11) is 2.69. The van der Waals surface area contributed by atoms with Crippen LogP contribution in [0.2, 0.25) is 0 Å². The molecule has 0 radical (unpaired) electrons. The molecule has 4 nitrogen and oxygen atoms in total. The molecule has 4 heteroatoms. The number of hydrogen-bond acceptors (Lipinski definition) is 4. The van der Waals surface area contributed by atoms with Gasteiger partial charge in [0.2, 0.25) is 5.76 Å². The predicted molar refractivity (Wildman–Crippen MR) is 44.5 cm³/mol. The number of methoxy groups -OCH3 is 2. The Labute approximate surface area is 76.1 Å². The second-order valence-corrected chi connectivity index (χ2v) is 2.48. The minimum atomic E-state index is -1.80. The summed E-state index contributed by atoms with van der Waals surface area (Å²) in [5.74, 6) is 4.38. The van der Waals surface area contributed by atoms with Gasteiger partial charge in [0.1, 0.15) is 0 Å². The van der Waals surface area contributed by atoms with E-state index >= 15 is 0 Å². The van der Waals surface area contributed by atoms with E-state index in [0.717, 1.165) is 0 Å². The monoisotopic (exact) mass is 183 g/mol. The Kier molecular flexibility index (Phi) is 2.30. The molecule has 1 atom stereocenters. The average molecular weight is 183 g/mol. The van der Waals surface area contributed by atoms with Crippen LogP contribution in [-0.4, -0.2) is 30.7 Å². The third-order valence-electron chi connectivity index (χ3n) is 1.78. The summed E-state index contributed by atoms with van der Waals surface area (Å²) < 4.78 is 9.53. The van der Waals surface area contributed by atoms with E-state index in [9.17, 15) is 9.90 Å². The first-order valence-corrected chi connectivity index (χ1v) is 3.65. The molecule has 0 spiro atoms. The molecule has 0 aromatic carbocycles. The quantitative estimate of drug-likeness (QED) is 0.477. The van der Waals surface area contributed by atoms with Crippen molar-refractivity contribution in [2.75, 3.05) is 14.2 Å². The van der Waals surface area contributed by atoms with Crippen molar-refractivity contribution >= 4 is 5.78 Å². The van der Waals surface area contributed by atoms with E-state index < -0.39 is 11.4 Å². The van der Waals surface area contributed by atoms with Gasteiger partial charge >= 0.3 is 0 Å². The number of hydrogen-bond donors (Lipinski definition) is 1. The van der Waals surface area contributed by atoms with Crippen molar-refractivity contribution in [1.82, 2.24) is 0 Å². The lowest BCUT2D eigenvalue weighted by Crippen LogP contribution is -2.51. The molecule has 13 heavy (non-hydrogen) atoms. The molecule has 1 N–H and O–H groups in total. The topological polar surface area (TPSA) is 55.8 Å². The Balaban J connectivity index is 3.13. The van der Waals surface area contributed by atoms with Crippen molar-refractivity contribution in [3.05, 3.63) is 11.5 Å². The van der Waals surface area contributed by atoms with Crippen LogP contribution in [0.4, 0.5) is 0 Å². The highest BCUT2D eigenvalue weighted by molar-refractivity contribution is 6.12. The number of carbonyl (C=O) groups excluding carboxylic acids is 1. The van der Waals surface area contributed by atoms with Gasteiger partial charge in [0.05, 0.1) is 14.2 Å². The maximum Gasteiger partial charge on any atom is 0.254 e. The van der Waals surface area contributed by atoms with Gasteiger partial charge in [-0.1, -0.05) is 5.92 Å². The van der Waals surface area contributed by atoms with Crippen LogP contribution in [0.15, 0.2) is 11.5 Å². The van der Waals surface area contributed by atoms with Gasteiger partial charge in [-0.05, 0) is 6.92 Å². The fourth-order valence-electron chi connectivity index (χ4n) is 1.19. The normalized spacial score (nSPS) is 26.0. The molecular weight excluding hydrogens is 173 g/mol. The van der Waals surface area contributed by atoms with E-state index in [4.69, 9.17) is 9.47 Å². The van der Waals surface area contributed by atoms with Crippen molar-refractivity contribution in [1.29, 1.82) is 0 Å². The lowest BCUT2D eigenvalue weighted by Gasteiger charge is -2.32. The maximum absolute atomic E-state index is 11.3. The number of rotatable bonds is 2. The molecular formula is C9H10O4. The first kappa shape index (κ1) is 9.62. The molecule has 0 bridgehead atoms. The molecule has 0 heterocycles. The second kappa shape index (κ2) is 3.11. The largest absolute Gasteiger partial charge is 0.493 e. The van der Waals surface area contributed by atoms with Crippen LogP contribution in [0, 0.1) is 11.8 Å². The fourth-order valence-corrected chi connectivity index (χ4v) is 1.19. The van der Waals surface area contributed by atoms with Gasteiger partial charge in [-0.2, -0.15) is 0 Å². The van der Waals surface area contributed by atoms with Crippen LogP contribution >= 0.6 is 0 Å². The van der Waals surface area contributed by atoms with Gasteiger partial charge in [0, 0.05) is 0 Å². The summed E-state index contributed by atoms with van der Waals surface area (Å²) in [5, 5.41) is 9.65. The van der Waals surface area contributed by atoms with E-state index in [1.54, 1.807) is 0 Å². The highest BCUT2D eigenvalue weighted by Crippen LogP contribution is 2.35. The maximum atomic E-state index is 11.3. The Morgan fingerprint density at radius 2 is 2.00 bits per heavy atom. The van der Waals surface area contributed by atoms with E-state index in [1.165, 1.54) is 21.1 Å². The van der Waals surface area contributed by atoms with Gasteiger partial charge in [-0.25, -0.2) is 0 Å². The summed E-state index contributed by atoms with van der Waals surface area (Å²) in [6.45, 7) is 1.53. The van der Waals surface area contributed by atoms with E-state index in [-0.39, 0.29) is 11.5 Å². The van der Waals surface area contributed by atoms with Crippen LogP contribution in [0.1, 0.15) is 6.92 Å². The predicted octanol–water partition coefficient (Wildman–Crippen LogP) is -0.172. The summed E-state index contributed by atoms with van der Waals surface area (Å²) >= 11 is 0. The van der Waals surface area contributed by atoms with Gasteiger partial charge in [-0.3, -0.25) is 4.79 Å². The Morgan fingerprint density at radius 3 is 2.38 bits per heavy atom. The molecule has 0 fully saturated rings. The molecule has 1 rings (SSSR count). The van der Waals surface area contributed by atoms with E-state index in [1.807, 2.05) is 0 Å². The average Bonchev–Trinajstić information content (AvgIpc) is 2.13. The van der Waals surface area contributed by atoms with Crippen LogP contribution < -0.4 is 0 Å². The van der Waals surface area contributed by atoms with Crippen molar-refractivity contribution < 1.29 is 19.4 Å². The zero-order valence-corrected chi connectivity index (χ0v) is 7.67. The lowest BCUT2D eigenvalue weighted by molar-refractivity contribution is -0.138. The summed E-state index contributed by atoms with van der Waals surface area (Å²) in [6.07, 6.45) is 0. The van der Waals surface area contributed by atoms with Crippen LogP contribution in [0.5, 0.6) is 0 Å². The summed E-state index contributed by atoms with van der Waals surface area (Å²) in [5.41, 5.74) is -1.80. The van der Waals surface area contributed by atoms with Gasteiger partial charge in [0.15, 0.2) is 5.76 Å². The van der Waals surface area contributed by atoms with Crippen molar-refractivity contribution in [3.8, 4) is 11.8 Å². The van der Waals surface area contributed by atoms with Crippen LogP contribution in [0.25, 0.3) is 0 Å². The molecule has 70 valence electrons. The molecule has 0 saturated carbocycles. The fraction of sp³-hybridized carbons (Fsp3) is 0.444. The zero-order valence-electron chi connectivity index (χ0n) is 7.67. The number of Topliss-reactive ketones (excluding diaryl/α,β-unsaturated/α-hetero) is 1. The Hall–Kier alpha value is -1.47. The Bertz CT molecular complexity index is 331. The molecule has 0 amide bonds. The smallest absolute Gasteiger partial charge is 0.254 e. The number of ketones is 1. The first-order valence-electron chi connectivity index (χ1n) is 3.65. The lowest BCUT2D eigenvalue weighted by atomic mass is 9.83. The summed E-state index contributed by atoms with van der Waals surface area (Å²) in [4.78, 5) is 11.3. The van der Waals surface area contributed by atoms with Crippen molar-refractivity contribution in [2.24, 2.45) is 0 Å². The molecule has 1 aliphatic carbocycles. The Morgan fingerprint density at radius 1 is 1.38 bits per heavy atom. The summed E-state index contributed by atoms with van der Waals surface area (Å²) in [6, 6.07) is 0. The highest BCUT2D eigenvalue weighted by atomic mass is 16.5. The molecule has 0 saturated heterocycles. The van der Waals surface area contributed by atoms with Crippen LogP contribution in [0.3, 0.4) is 0 Å². The number of carbonyl (C=O) groups is 1. The third-order valence-corrected chi connectivity index (χ3v) is 1.78. The van der Waals surface area contributed by atoms with Gasteiger partial charge in [-0.15, -0.1) is 5.92 Å².